The average Bonchev–Trinajstić information content (AvgIpc) is 2.96. The smallest absolute Gasteiger partial charge is 0.243 e. The van der Waals surface area contributed by atoms with E-state index in [0.717, 1.165) is 11.3 Å². The third-order valence-corrected chi connectivity index (χ3v) is 6.45. The van der Waals surface area contributed by atoms with Crippen molar-refractivity contribution in [2.45, 2.75) is 18.7 Å². The van der Waals surface area contributed by atoms with Gasteiger partial charge in [0.1, 0.15) is 5.75 Å². The van der Waals surface area contributed by atoms with Crippen LogP contribution >= 0.6 is 0 Å². The SMILES string of the molecule is Cc1ccc(S(=O)(=O)N2C[C@@H](COc3ccccc3)[C@@H](C)C2)cc1. The van der Waals surface area contributed by atoms with Gasteiger partial charge in [-0.05, 0) is 37.1 Å². The Balaban J connectivity index is 1.67. The summed E-state index contributed by atoms with van der Waals surface area (Å²) in [5.41, 5.74) is 1.05. The minimum Gasteiger partial charge on any atom is -0.493 e. The van der Waals surface area contributed by atoms with Crippen molar-refractivity contribution in [3.63, 3.8) is 0 Å². The van der Waals surface area contributed by atoms with Crippen LogP contribution in [0.1, 0.15) is 12.5 Å². The molecule has 0 spiro atoms. The van der Waals surface area contributed by atoms with Crippen LogP contribution in [0.25, 0.3) is 0 Å². The Morgan fingerprint density at radius 3 is 2.38 bits per heavy atom. The largest absolute Gasteiger partial charge is 0.493 e. The van der Waals surface area contributed by atoms with Gasteiger partial charge in [-0.3, -0.25) is 0 Å². The molecule has 0 saturated carbocycles. The summed E-state index contributed by atoms with van der Waals surface area (Å²) in [5, 5.41) is 0. The first-order valence-electron chi connectivity index (χ1n) is 8.21. The number of rotatable bonds is 5. The lowest BCUT2D eigenvalue weighted by atomic mass is 9.99. The summed E-state index contributed by atoms with van der Waals surface area (Å²) in [5.74, 6) is 1.30. The van der Waals surface area contributed by atoms with Crippen LogP contribution in [-0.2, 0) is 10.0 Å². The Morgan fingerprint density at radius 2 is 1.71 bits per heavy atom. The molecule has 1 aliphatic heterocycles. The minimum absolute atomic E-state index is 0.199. The molecular weight excluding hydrogens is 322 g/mol. The number of sulfonamides is 1. The molecule has 1 aliphatic rings. The highest BCUT2D eigenvalue weighted by atomic mass is 32.2. The van der Waals surface area contributed by atoms with Crippen molar-refractivity contribution >= 4 is 10.0 Å². The molecule has 3 rings (SSSR count). The molecule has 1 heterocycles. The van der Waals surface area contributed by atoms with Crippen molar-refractivity contribution in [2.24, 2.45) is 11.8 Å². The van der Waals surface area contributed by atoms with E-state index >= 15 is 0 Å². The number of hydrogen-bond acceptors (Lipinski definition) is 3. The Kier molecular flexibility index (Phi) is 4.92. The highest BCUT2D eigenvalue weighted by Gasteiger charge is 2.37. The highest BCUT2D eigenvalue weighted by molar-refractivity contribution is 7.89. The first kappa shape index (κ1) is 17.0. The highest BCUT2D eigenvalue weighted by Crippen LogP contribution is 2.29. The summed E-state index contributed by atoms with van der Waals surface area (Å²) < 4.78 is 33.0. The van der Waals surface area contributed by atoms with Gasteiger partial charge in [0.15, 0.2) is 0 Å². The molecule has 24 heavy (non-hydrogen) atoms. The van der Waals surface area contributed by atoms with Crippen molar-refractivity contribution in [1.82, 2.24) is 4.31 Å². The molecule has 0 radical (unpaired) electrons. The second-order valence-corrected chi connectivity index (χ2v) is 8.43. The number of para-hydroxylation sites is 1. The first-order chi connectivity index (χ1) is 11.5. The molecule has 0 aromatic heterocycles. The molecule has 1 fully saturated rings. The fraction of sp³-hybridized carbons (Fsp3) is 0.368. The Morgan fingerprint density at radius 1 is 1.04 bits per heavy atom. The maximum absolute atomic E-state index is 12.8. The number of aryl methyl sites for hydroxylation is 1. The van der Waals surface area contributed by atoms with Crippen molar-refractivity contribution in [1.29, 1.82) is 0 Å². The van der Waals surface area contributed by atoms with Crippen molar-refractivity contribution < 1.29 is 13.2 Å². The second-order valence-electron chi connectivity index (χ2n) is 6.50. The number of hydrogen-bond donors (Lipinski definition) is 0. The van der Waals surface area contributed by atoms with Gasteiger partial charge in [0, 0.05) is 19.0 Å². The lowest BCUT2D eigenvalue weighted by molar-refractivity contribution is 0.231. The van der Waals surface area contributed by atoms with Crippen LogP contribution in [0, 0.1) is 18.8 Å². The van der Waals surface area contributed by atoms with Gasteiger partial charge in [-0.15, -0.1) is 0 Å². The number of benzene rings is 2. The molecule has 2 aromatic carbocycles. The zero-order valence-corrected chi connectivity index (χ0v) is 14.9. The molecule has 128 valence electrons. The molecule has 0 aliphatic carbocycles. The Labute approximate surface area is 144 Å². The molecule has 2 atom stereocenters. The van der Waals surface area contributed by atoms with Gasteiger partial charge in [0.05, 0.1) is 11.5 Å². The maximum Gasteiger partial charge on any atom is 0.243 e. The van der Waals surface area contributed by atoms with E-state index in [0.29, 0.717) is 24.6 Å². The van der Waals surface area contributed by atoms with Crippen LogP contribution in [0.4, 0.5) is 0 Å². The van der Waals surface area contributed by atoms with E-state index in [1.54, 1.807) is 16.4 Å². The summed E-state index contributed by atoms with van der Waals surface area (Å²) in [6.45, 7) is 5.61. The average molecular weight is 345 g/mol. The van der Waals surface area contributed by atoms with Crippen molar-refractivity contribution in [3.05, 3.63) is 60.2 Å². The van der Waals surface area contributed by atoms with Gasteiger partial charge in [-0.1, -0.05) is 42.8 Å². The predicted molar refractivity (Wildman–Crippen MR) is 94.5 cm³/mol. The number of ether oxygens (including phenoxy) is 1. The van der Waals surface area contributed by atoms with Crippen molar-refractivity contribution in [3.8, 4) is 5.75 Å². The van der Waals surface area contributed by atoms with Gasteiger partial charge in [0.25, 0.3) is 0 Å². The summed E-state index contributed by atoms with van der Waals surface area (Å²) in [6, 6.07) is 16.7. The molecule has 1 saturated heterocycles. The summed E-state index contributed by atoms with van der Waals surface area (Å²) >= 11 is 0. The van der Waals surface area contributed by atoms with Gasteiger partial charge in [0.2, 0.25) is 10.0 Å². The topological polar surface area (TPSA) is 46.6 Å². The Hall–Kier alpha value is -1.85. The van der Waals surface area contributed by atoms with Gasteiger partial charge in [-0.25, -0.2) is 8.42 Å². The molecule has 0 unspecified atom stereocenters. The van der Waals surface area contributed by atoms with E-state index in [1.807, 2.05) is 49.4 Å². The molecular formula is C19H23NO3S. The van der Waals surface area contributed by atoms with Crippen LogP contribution in [0.5, 0.6) is 5.75 Å². The molecule has 0 amide bonds. The zero-order chi connectivity index (χ0) is 17.2. The summed E-state index contributed by atoms with van der Waals surface area (Å²) in [4.78, 5) is 0.366. The molecule has 5 heteroatoms. The van der Waals surface area contributed by atoms with Gasteiger partial charge >= 0.3 is 0 Å². The maximum atomic E-state index is 12.8. The quantitative estimate of drug-likeness (QED) is 0.835. The number of nitrogens with zero attached hydrogens (tertiary/aromatic N) is 1. The monoisotopic (exact) mass is 345 g/mol. The van der Waals surface area contributed by atoms with Crippen LogP contribution in [0.15, 0.2) is 59.5 Å². The molecule has 0 N–H and O–H groups in total. The standard InChI is InChI=1S/C19H23NO3S/c1-15-8-10-19(11-9-15)24(21,22)20-12-16(2)17(13-20)14-23-18-6-4-3-5-7-18/h3-11,16-17H,12-14H2,1-2H3/t16-,17-/m0/s1. The van der Waals surface area contributed by atoms with E-state index in [1.165, 1.54) is 0 Å². The lowest BCUT2D eigenvalue weighted by Gasteiger charge is -2.17. The van der Waals surface area contributed by atoms with E-state index in [2.05, 4.69) is 6.92 Å². The van der Waals surface area contributed by atoms with Crippen LogP contribution in [0.2, 0.25) is 0 Å². The summed E-state index contributed by atoms with van der Waals surface area (Å²) in [7, 11) is -3.43. The fourth-order valence-electron chi connectivity index (χ4n) is 2.98. The van der Waals surface area contributed by atoms with Crippen LogP contribution < -0.4 is 4.74 Å². The van der Waals surface area contributed by atoms with E-state index in [4.69, 9.17) is 4.74 Å². The predicted octanol–water partition coefficient (Wildman–Crippen LogP) is 3.33. The van der Waals surface area contributed by atoms with Crippen molar-refractivity contribution in [2.75, 3.05) is 19.7 Å². The normalized spacial score (nSPS) is 21.8. The molecule has 4 nitrogen and oxygen atoms in total. The third kappa shape index (κ3) is 3.62. The first-order valence-corrected chi connectivity index (χ1v) is 9.65. The van der Waals surface area contributed by atoms with E-state index < -0.39 is 10.0 Å². The van der Waals surface area contributed by atoms with Crippen LogP contribution in [0.3, 0.4) is 0 Å². The van der Waals surface area contributed by atoms with E-state index in [9.17, 15) is 8.42 Å². The molecule has 2 aromatic rings. The second kappa shape index (κ2) is 6.95. The third-order valence-electron chi connectivity index (χ3n) is 4.60. The summed E-state index contributed by atoms with van der Waals surface area (Å²) in [6.07, 6.45) is 0. The van der Waals surface area contributed by atoms with Crippen LogP contribution in [-0.4, -0.2) is 32.4 Å². The minimum atomic E-state index is -3.43. The fourth-order valence-corrected chi connectivity index (χ4v) is 4.58. The van der Waals surface area contributed by atoms with Gasteiger partial charge < -0.3 is 4.74 Å². The lowest BCUT2D eigenvalue weighted by Crippen LogP contribution is -2.29. The Bertz CT molecular complexity index is 772. The van der Waals surface area contributed by atoms with Gasteiger partial charge in [-0.2, -0.15) is 4.31 Å². The molecule has 0 bridgehead atoms. The van der Waals surface area contributed by atoms with E-state index in [-0.39, 0.29) is 11.8 Å². The zero-order valence-electron chi connectivity index (χ0n) is 14.1.